The number of ether oxygens (including phenoxy) is 1. The van der Waals surface area contributed by atoms with Crippen molar-refractivity contribution in [3.05, 3.63) is 71.3 Å². The molecule has 0 radical (unpaired) electrons. The highest BCUT2D eigenvalue weighted by Crippen LogP contribution is 2.43. The van der Waals surface area contributed by atoms with E-state index in [4.69, 9.17) is 4.74 Å². The van der Waals surface area contributed by atoms with Crippen LogP contribution < -0.4 is 5.32 Å². The zero-order valence-electron chi connectivity index (χ0n) is 17.4. The van der Waals surface area contributed by atoms with Crippen molar-refractivity contribution in [2.75, 3.05) is 6.61 Å². The number of hydrogen-bond acceptors (Lipinski definition) is 3. The van der Waals surface area contributed by atoms with Crippen molar-refractivity contribution in [3.63, 3.8) is 0 Å². The first-order chi connectivity index (χ1) is 14.9. The summed E-state index contributed by atoms with van der Waals surface area (Å²) in [6, 6.07) is 10.7. The molecule has 1 aliphatic heterocycles. The number of carbonyl (C=O) groups is 2. The highest BCUT2D eigenvalue weighted by atomic mass is 19.1. The molecule has 2 fully saturated rings. The zero-order valence-corrected chi connectivity index (χ0v) is 17.4. The minimum absolute atomic E-state index is 0.0185. The van der Waals surface area contributed by atoms with E-state index >= 15 is 0 Å². The Kier molecular flexibility index (Phi) is 6.05. The lowest BCUT2D eigenvalue weighted by molar-refractivity contribution is -0.128. The average molecular weight is 428 g/mol. The van der Waals surface area contributed by atoms with E-state index in [1.165, 1.54) is 35.2 Å². The molecule has 31 heavy (non-hydrogen) atoms. The second-order valence-corrected chi connectivity index (χ2v) is 8.45. The van der Waals surface area contributed by atoms with Crippen LogP contribution in [0.1, 0.15) is 48.5 Å². The van der Waals surface area contributed by atoms with Gasteiger partial charge in [-0.05, 0) is 61.9 Å². The zero-order chi connectivity index (χ0) is 22.0. The van der Waals surface area contributed by atoms with Gasteiger partial charge in [-0.1, -0.05) is 25.1 Å². The van der Waals surface area contributed by atoms with Crippen molar-refractivity contribution in [2.45, 2.75) is 50.9 Å². The fourth-order valence-electron chi connectivity index (χ4n) is 4.45. The van der Waals surface area contributed by atoms with E-state index in [1.54, 1.807) is 18.2 Å². The van der Waals surface area contributed by atoms with E-state index in [9.17, 15) is 18.4 Å². The summed E-state index contributed by atoms with van der Waals surface area (Å²) < 4.78 is 33.4. The summed E-state index contributed by atoms with van der Waals surface area (Å²) in [5, 5.41) is 2.75. The molecule has 1 atom stereocenters. The van der Waals surface area contributed by atoms with Crippen LogP contribution in [-0.2, 0) is 16.1 Å². The lowest BCUT2D eigenvalue weighted by Crippen LogP contribution is -2.56. The molecule has 2 amide bonds. The molecule has 1 aliphatic carbocycles. The summed E-state index contributed by atoms with van der Waals surface area (Å²) in [5.74, 6) is -1.07. The van der Waals surface area contributed by atoms with Crippen LogP contribution >= 0.6 is 0 Å². The molecule has 1 spiro atoms. The first kappa shape index (κ1) is 21.4. The molecule has 2 aromatic rings. The fraction of sp³-hybridized carbons (Fsp3) is 0.417. The molecular formula is C24H26F2N2O3. The van der Waals surface area contributed by atoms with Crippen molar-refractivity contribution in [1.82, 2.24) is 10.2 Å². The Morgan fingerprint density at radius 2 is 1.77 bits per heavy atom. The Balaban J connectivity index is 1.58. The SMILES string of the molecule is CC1CCC2(CC1)OCC(C(=O)NCc1ccccc1F)N2C(=O)c1ccc(F)cc1. The fourth-order valence-corrected chi connectivity index (χ4v) is 4.45. The Hall–Kier alpha value is -2.80. The average Bonchev–Trinajstić information content (AvgIpc) is 3.14. The highest BCUT2D eigenvalue weighted by Gasteiger charge is 2.53. The van der Waals surface area contributed by atoms with Gasteiger partial charge in [-0.3, -0.25) is 14.5 Å². The van der Waals surface area contributed by atoms with Crippen LogP contribution in [0.25, 0.3) is 0 Å². The molecule has 1 N–H and O–H groups in total. The van der Waals surface area contributed by atoms with Crippen LogP contribution in [0, 0.1) is 17.6 Å². The van der Waals surface area contributed by atoms with Crippen LogP contribution in [0.2, 0.25) is 0 Å². The minimum atomic E-state index is -0.849. The number of hydrogen-bond donors (Lipinski definition) is 1. The number of nitrogens with zero attached hydrogens (tertiary/aromatic N) is 1. The van der Waals surface area contributed by atoms with Crippen LogP contribution in [0.5, 0.6) is 0 Å². The summed E-state index contributed by atoms with van der Waals surface area (Å²) in [6.45, 7) is 2.25. The highest BCUT2D eigenvalue weighted by molar-refractivity contribution is 5.98. The van der Waals surface area contributed by atoms with E-state index in [0.29, 0.717) is 29.9 Å². The summed E-state index contributed by atoms with van der Waals surface area (Å²) in [6.07, 6.45) is 3.05. The summed E-state index contributed by atoms with van der Waals surface area (Å²) in [7, 11) is 0. The molecular weight excluding hydrogens is 402 g/mol. The van der Waals surface area contributed by atoms with Crippen molar-refractivity contribution in [2.24, 2.45) is 5.92 Å². The van der Waals surface area contributed by atoms with Gasteiger partial charge in [0.15, 0.2) is 0 Å². The number of rotatable bonds is 4. The molecule has 4 rings (SSSR count). The van der Waals surface area contributed by atoms with Crippen molar-refractivity contribution < 1.29 is 23.1 Å². The van der Waals surface area contributed by atoms with Gasteiger partial charge in [0.2, 0.25) is 5.91 Å². The van der Waals surface area contributed by atoms with Gasteiger partial charge in [0, 0.05) is 17.7 Å². The Morgan fingerprint density at radius 3 is 2.45 bits per heavy atom. The van der Waals surface area contributed by atoms with Crippen LogP contribution in [0.4, 0.5) is 8.78 Å². The third-order valence-electron chi connectivity index (χ3n) is 6.34. The standard InChI is InChI=1S/C24H26F2N2O3/c1-16-10-12-24(13-11-16)28(23(30)17-6-8-19(25)9-7-17)21(15-31-24)22(29)27-14-18-4-2-3-5-20(18)26/h2-9,16,21H,10-15H2,1H3,(H,27,29). The second-order valence-electron chi connectivity index (χ2n) is 8.45. The number of benzene rings is 2. The topological polar surface area (TPSA) is 58.6 Å². The molecule has 7 heteroatoms. The molecule has 1 unspecified atom stereocenters. The molecule has 2 aliphatic rings. The first-order valence-electron chi connectivity index (χ1n) is 10.6. The lowest BCUT2D eigenvalue weighted by atomic mass is 9.83. The first-order valence-corrected chi connectivity index (χ1v) is 10.6. The van der Waals surface area contributed by atoms with Gasteiger partial charge in [0.1, 0.15) is 23.4 Å². The van der Waals surface area contributed by atoms with Gasteiger partial charge < -0.3 is 10.1 Å². The quantitative estimate of drug-likeness (QED) is 0.800. The largest absolute Gasteiger partial charge is 0.353 e. The summed E-state index contributed by atoms with van der Waals surface area (Å²) in [5.41, 5.74) is -0.179. The van der Waals surface area contributed by atoms with Gasteiger partial charge >= 0.3 is 0 Å². The predicted octanol–water partition coefficient (Wildman–Crippen LogP) is 4.03. The Labute approximate surface area is 180 Å². The maximum absolute atomic E-state index is 13.9. The van der Waals surface area contributed by atoms with Gasteiger partial charge in [-0.15, -0.1) is 0 Å². The third kappa shape index (κ3) is 4.32. The molecule has 0 bridgehead atoms. The molecule has 1 saturated carbocycles. The number of carbonyl (C=O) groups excluding carboxylic acids is 2. The maximum atomic E-state index is 13.9. The Morgan fingerprint density at radius 1 is 1.10 bits per heavy atom. The van der Waals surface area contributed by atoms with Gasteiger partial charge in [0.25, 0.3) is 5.91 Å². The number of amides is 2. The van der Waals surface area contributed by atoms with E-state index in [0.717, 1.165) is 12.8 Å². The van der Waals surface area contributed by atoms with Crippen LogP contribution in [0.3, 0.4) is 0 Å². The van der Waals surface area contributed by atoms with E-state index in [2.05, 4.69) is 12.2 Å². The lowest BCUT2D eigenvalue weighted by Gasteiger charge is -2.43. The van der Waals surface area contributed by atoms with Crippen molar-refractivity contribution in [3.8, 4) is 0 Å². The van der Waals surface area contributed by atoms with Gasteiger partial charge in [0.05, 0.1) is 6.61 Å². The second kappa shape index (κ2) is 8.75. The van der Waals surface area contributed by atoms with Gasteiger partial charge in [-0.25, -0.2) is 8.78 Å². The van der Waals surface area contributed by atoms with Crippen LogP contribution in [0.15, 0.2) is 48.5 Å². The monoisotopic (exact) mass is 428 g/mol. The molecule has 1 heterocycles. The smallest absolute Gasteiger partial charge is 0.256 e. The van der Waals surface area contributed by atoms with Crippen molar-refractivity contribution in [1.29, 1.82) is 0 Å². The van der Waals surface area contributed by atoms with E-state index in [-0.39, 0.29) is 19.1 Å². The molecule has 2 aromatic carbocycles. The molecule has 5 nitrogen and oxygen atoms in total. The number of nitrogens with one attached hydrogen (secondary N) is 1. The minimum Gasteiger partial charge on any atom is -0.353 e. The summed E-state index contributed by atoms with van der Waals surface area (Å²) in [4.78, 5) is 28.0. The van der Waals surface area contributed by atoms with Gasteiger partial charge in [-0.2, -0.15) is 0 Å². The maximum Gasteiger partial charge on any atom is 0.256 e. The predicted molar refractivity (Wildman–Crippen MR) is 111 cm³/mol. The molecule has 1 saturated heterocycles. The Bertz CT molecular complexity index is 956. The molecule has 164 valence electrons. The molecule has 0 aromatic heterocycles. The van der Waals surface area contributed by atoms with E-state index in [1.807, 2.05) is 0 Å². The normalized spacial score (nSPS) is 25.6. The summed E-state index contributed by atoms with van der Waals surface area (Å²) >= 11 is 0. The van der Waals surface area contributed by atoms with Crippen LogP contribution in [-0.4, -0.2) is 35.1 Å². The number of halogens is 2. The van der Waals surface area contributed by atoms with E-state index < -0.39 is 29.3 Å². The van der Waals surface area contributed by atoms with Crippen molar-refractivity contribution >= 4 is 11.8 Å². The third-order valence-corrected chi connectivity index (χ3v) is 6.34.